The van der Waals surface area contributed by atoms with Crippen LogP contribution in [0.25, 0.3) is 0 Å². The Bertz CT molecular complexity index is 155. The fourth-order valence-corrected chi connectivity index (χ4v) is 11.2. The molecule has 0 aromatic carbocycles. The van der Waals surface area contributed by atoms with Crippen molar-refractivity contribution in [3.63, 3.8) is 0 Å². The van der Waals surface area contributed by atoms with Crippen molar-refractivity contribution in [2.45, 2.75) is 41.5 Å². The van der Waals surface area contributed by atoms with Gasteiger partial charge in [-0.2, -0.15) is 0 Å². The van der Waals surface area contributed by atoms with Gasteiger partial charge in [0, 0.05) is 0 Å². The van der Waals surface area contributed by atoms with E-state index in [1.165, 1.54) is 20.2 Å². The zero-order valence-corrected chi connectivity index (χ0v) is 9.97. The van der Waals surface area contributed by atoms with E-state index >= 15 is 0 Å². The monoisotopic (exact) mass is 266 g/mol. The zero-order chi connectivity index (χ0) is 8.01. The van der Waals surface area contributed by atoms with Crippen molar-refractivity contribution in [2.24, 2.45) is 11.8 Å². The van der Waals surface area contributed by atoms with E-state index in [2.05, 4.69) is 20.8 Å². The molecule has 1 heteroatoms. The molecule has 2 fully saturated rings. The fraction of sp³-hybridized carbons (Fsp3) is 1.00. The van der Waals surface area contributed by atoms with E-state index in [-0.39, 0.29) is 19.8 Å². The molecule has 0 amide bonds. The molecule has 0 bridgehead atoms. The maximum atomic E-state index is 2.51. The van der Waals surface area contributed by atoms with Gasteiger partial charge in [0.05, 0.1) is 0 Å². The summed E-state index contributed by atoms with van der Waals surface area (Å²) in [6.45, 7) is 7.37. The van der Waals surface area contributed by atoms with Crippen LogP contribution in [0.3, 0.4) is 0 Å². The first-order valence-electron chi connectivity index (χ1n) is 4.88. The van der Waals surface area contributed by atoms with Crippen molar-refractivity contribution in [1.82, 2.24) is 0 Å². The van der Waals surface area contributed by atoms with E-state index in [9.17, 15) is 0 Å². The summed E-state index contributed by atoms with van der Waals surface area (Å²) in [5.41, 5.74) is 0. The van der Waals surface area contributed by atoms with Crippen molar-refractivity contribution in [2.75, 3.05) is 4.43 Å². The molecular weight excluding hydrogens is 247 g/mol. The summed E-state index contributed by atoms with van der Waals surface area (Å²) in [7, 11) is 0. The molecule has 2 rings (SSSR count). The van der Waals surface area contributed by atoms with Gasteiger partial charge in [-0.15, -0.1) is 0 Å². The van der Waals surface area contributed by atoms with Crippen LogP contribution >= 0.6 is 19.8 Å². The van der Waals surface area contributed by atoms with Gasteiger partial charge in [-0.3, -0.25) is 0 Å². The molecule has 0 spiro atoms. The van der Waals surface area contributed by atoms with E-state index < -0.39 is 0 Å². The summed E-state index contributed by atoms with van der Waals surface area (Å²) in [6, 6.07) is 0. The maximum absolute atomic E-state index is 2.51. The average molecular weight is 266 g/mol. The van der Waals surface area contributed by atoms with Crippen LogP contribution in [-0.2, 0) is 0 Å². The van der Waals surface area contributed by atoms with Crippen molar-refractivity contribution in [1.29, 1.82) is 0 Å². The number of hydrogen-bond donors (Lipinski definition) is 0. The molecule has 66 valence electrons. The summed E-state index contributed by atoms with van der Waals surface area (Å²) in [5.74, 6) is 2.30. The Morgan fingerprint density at radius 3 is 2.36 bits per heavy atom. The van der Waals surface area contributed by atoms with Crippen molar-refractivity contribution >= 4 is 19.8 Å². The van der Waals surface area contributed by atoms with Crippen LogP contribution in [0.1, 0.15) is 33.6 Å². The quantitative estimate of drug-likeness (QED) is 0.531. The van der Waals surface area contributed by atoms with E-state index in [1.54, 1.807) is 10.8 Å². The molecule has 3 unspecified atom stereocenters. The van der Waals surface area contributed by atoms with Gasteiger partial charge >= 0.3 is 77.5 Å². The van der Waals surface area contributed by atoms with Crippen molar-refractivity contribution in [3.05, 3.63) is 0 Å². The molecule has 0 N–H and O–H groups in total. The number of rotatable bonds is 2. The van der Waals surface area contributed by atoms with Crippen LogP contribution in [0.2, 0.25) is 0 Å². The van der Waals surface area contributed by atoms with E-state index in [1.807, 2.05) is 0 Å². The number of hydrogen-bond acceptors (Lipinski definition) is 0. The summed E-state index contributed by atoms with van der Waals surface area (Å²) in [4.78, 5) is 0. The molecule has 1 aliphatic carbocycles. The Labute approximate surface area is 77.5 Å². The van der Waals surface area contributed by atoms with Crippen LogP contribution in [0.5, 0.6) is 0 Å². The number of alkyl halides is 3. The first kappa shape index (κ1) is 8.33. The fourth-order valence-electron chi connectivity index (χ4n) is 2.38. The third-order valence-corrected chi connectivity index (χ3v) is 12.6. The van der Waals surface area contributed by atoms with Gasteiger partial charge in [0.1, 0.15) is 0 Å². The van der Waals surface area contributed by atoms with Gasteiger partial charge in [-0.25, -0.2) is 0 Å². The normalized spacial score (nSPS) is 52.1. The second-order valence-electron chi connectivity index (χ2n) is 4.07. The Kier molecular flexibility index (Phi) is 2.19. The molecule has 1 aliphatic heterocycles. The van der Waals surface area contributed by atoms with Crippen LogP contribution in [0.4, 0.5) is 0 Å². The van der Waals surface area contributed by atoms with Crippen LogP contribution in [0, 0.1) is 11.8 Å². The van der Waals surface area contributed by atoms with Gasteiger partial charge in [0.2, 0.25) is 0 Å². The first-order chi connectivity index (χ1) is 5.25. The molecule has 2 aliphatic rings. The molecule has 0 nitrogen and oxygen atoms in total. The van der Waals surface area contributed by atoms with Crippen LogP contribution in [-0.4, -0.2) is 12.3 Å². The molecule has 4 atom stereocenters. The molecular formula is C10H19I. The SMILES string of the molecule is CCC1C(C)[C@H]1I1CCC1C. The second-order valence-corrected chi connectivity index (χ2v) is 11.2. The predicted molar refractivity (Wildman–Crippen MR) is 59.7 cm³/mol. The summed E-state index contributed by atoms with van der Waals surface area (Å²) >= 11 is -0.358. The van der Waals surface area contributed by atoms with Crippen LogP contribution < -0.4 is 0 Å². The first-order valence-corrected chi connectivity index (χ1v) is 8.90. The Morgan fingerprint density at radius 1 is 1.36 bits per heavy atom. The van der Waals surface area contributed by atoms with E-state index in [4.69, 9.17) is 0 Å². The molecule has 0 radical (unpaired) electrons. The van der Waals surface area contributed by atoms with Gasteiger partial charge < -0.3 is 0 Å². The van der Waals surface area contributed by atoms with Gasteiger partial charge in [-0.1, -0.05) is 0 Å². The summed E-state index contributed by atoms with van der Waals surface area (Å²) < 4.78 is 4.19. The molecule has 0 aromatic heterocycles. The summed E-state index contributed by atoms with van der Waals surface area (Å²) in [6.07, 6.45) is 3.04. The van der Waals surface area contributed by atoms with Crippen LogP contribution in [0.15, 0.2) is 0 Å². The van der Waals surface area contributed by atoms with Crippen molar-refractivity contribution in [3.8, 4) is 0 Å². The Hall–Kier alpha value is 0.730. The van der Waals surface area contributed by atoms with Gasteiger partial charge in [0.15, 0.2) is 0 Å². The second kappa shape index (κ2) is 2.90. The Balaban J connectivity index is 1.88. The summed E-state index contributed by atoms with van der Waals surface area (Å²) in [5, 5.41) is 0. The molecule has 11 heavy (non-hydrogen) atoms. The topological polar surface area (TPSA) is 0 Å². The minimum absolute atomic E-state index is 0.358. The molecule has 1 saturated carbocycles. The molecule has 1 heterocycles. The minimum atomic E-state index is -0.358. The molecule has 0 aromatic rings. The average Bonchev–Trinajstić information content (AvgIpc) is 2.59. The zero-order valence-electron chi connectivity index (χ0n) is 7.81. The van der Waals surface area contributed by atoms with E-state index in [0.717, 1.165) is 5.92 Å². The van der Waals surface area contributed by atoms with Gasteiger partial charge in [-0.05, 0) is 0 Å². The standard InChI is InChI=1S/C10H19I/c1-4-9-8(3)10(9)11-6-5-7(11)2/h7-10H,4-6H2,1-3H3/t7?,8?,9?,10-/m1/s1. The van der Waals surface area contributed by atoms with Gasteiger partial charge in [0.25, 0.3) is 0 Å². The predicted octanol–water partition coefficient (Wildman–Crippen LogP) is 3.33. The third-order valence-electron chi connectivity index (χ3n) is 3.44. The molecule has 1 saturated heterocycles. The number of halogens is 1. The van der Waals surface area contributed by atoms with Crippen molar-refractivity contribution < 1.29 is 0 Å². The Morgan fingerprint density at radius 2 is 2.09 bits per heavy atom. The van der Waals surface area contributed by atoms with E-state index in [0.29, 0.717) is 0 Å². The third kappa shape index (κ3) is 1.24.